The summed E-state index contributed by atoms with van der Waals surface area (Å²) >= 11 is 17.9. The highest BCUT2D eigenvalue weighted by molar-refractivity contribution is 6.35. The van der Waals surface area contributed by atoms with Gasteiger partial charge in [0, 0.05) is 20.6 Å². The molecule has 2 aromatic carbocycles. The van der Waals surface area contributed by atoms with Crippen LogP contribution in [0.5, 0.6) is 0 Å². The van der Waals surface area contributed by atoms with Gasteiger partial charge >= 0.3 is 0 Å². The molecule has 2 rings (SSSR count). The predicted octanol–water partition coefficient (Wildman–Crippen LogP) is 5.64. The van der Waals surface area contributed by atoms with Gasteiger partial charge in [-0.1, -0.05) is 46.9 Å². The van der Waals surface area contributed by atoms with E-state index in [0.29, 0.717) is 26.2 Å². The molecule has 2 aromatic rings. The zero-order valence-corrected chi connectivity index (χ0v) is 12.5. The highest BCUT2D eigenvalue weighted by atomic mass is 35.5. The molecule has 1 atom stereocenters. The third-order valence-electron chi connectivity index (χ3n) is 2.96. The van der Waals surface area contributed by atoms with Crippen LogP contribution in [0.2, 0.25) is 15.1 Å². The fourth-order valence-electron chi connectivity index (χ4n) is 1.94. The van der Waals surface area contributed by atoms with E-state index >= 15 is 0 Å². The third kappa shape index (κ3) is 3.24. The molecule has 0 amide bonds. The highest BCUT2D eigenvalue weighted by Gasteiger charge is 2.18. The summed E-state index contributed by atoms with van der Waals surface area (Å²) in [4.78, 5) is 0. The zero-order valence-electron chi connectivity index (χ0n) is 10.2. The third-order valence-corrected chi connectivity index (χ3v) is 3.88. The minimum absolute atomic E-state index is 0.156. The van der Waals surface area contributed by atoms with Gasteiger partial charge in [-0.2, -0.15) is 5.26 Å². The molecule has 0 aliphatic carbocycles. The van der Waals surface area contributed by atoms with E-state index in [1.807, 2.05) is 0 Å². The molecule has 102 valence electrons. The second kappa shape index (κ2) is 6.45. The number of hydrogen-bond donors (Lipinski definition) is 0. The van der Waals surface area contributed by atoms with Crippen LogP contribution in [0.4, 0.5) is 4.39 Å². The first-order chi connectivity index (χ1) is 9.52. The Hall–Kier alpha value is -1.27. The van der Waals surface area contributed by atoms with Gasteiger partial charge in [-0.05, 0) is 36.2 Å². The van der Waals surface area contributed by atoms with Gasteiger partial charge in [0.2, 0.25) is 0 Å². The van der Waals surface area contributed by atoms with Gasteiger partial charge in [0.15, 0.2) is 0 Å². The molecule has 0 radical (unpaired) electrons. The van der Waals surface area contributed by atoms with Gasteiger partial charge in [0.05, 0.1) is 12.0 Å². The largest absolute Gasteiger partial charge is 0.207 e. The second-order valence-electron chi connectivity index (χ2n) is 4.25. The molecule has 20 heavy (non-hydrogen) atoms. The topological polar surface area (TPSA) is 23.8 Å². The maximum atomic E-state index is 13.8. The second-order valence-corrected chi connectivity index (χ2v) is 5.50. The minimum Gasteiger partial charge on any atom is -0.207 e. The van der Waals surface area contributed by atoms with E-state index in [2.05, 4.69) is 6.07 Å². The van der Waals surface area contributed by atoms with Crippen LogP contribution in [0, 0.1) is 17.1 Å². The van der Waals surface area contributed by atoms with Crippen molar-refractivity contribution in [3.8, 4) is 6.07 Å². The van der Waals surface area contributed by atoms with E-state index in [1.54, 1.807) is 24.3 Å². The predicted molar refractivity (Wildman–Crippen MR) is 79.9 cm³/mol. The summed E-state index contributed by atoms with van der Waals surface area (Å²) in [6.45, 7) is 0. The van der Waals surface area contributed by atoms with Crippen molar-refractivity contribution in [1.82, 2.24) is 0 Å². The van der Waals surface area contributed by atoms with Crippen molar-refractivity contribution in [1.29, 1.82) is 5.26 Å². The molecule has 0 fully saturated rings. The van der Waals surface area contributed by atoms with Crippen LogP contribution in [-0.2, 0) is 6.42 Å². The molecular formula is C15H9Cl3FN. The average Bonchev–Trinajstić information content (AvgIpc) is 2.40. The number of benzene rings is 2. The molecule has 0 aromatic heterocycles. The standard InChI is InChI=1S/C15H9Cl3FN/c16-10-4-5-11(14(18)7-10)9(8-20)6-12-13(17)2-1-3-15(12)19/h1-5,7,9H,6H2. The van der Waals surface area contributed by atoms with Gasteiger partial charge in [-0.25, -0.2) is 4.39 Å². The smallest absolute Gasteiger partial charge is 0.127 e. The van der Waals surface area contributed by atoms with Crippen molar-refractivity contribution >= 4 is 34.8 Å². The molecule has 0 spiro atoms. The SMILES string of the molecule is N#CC(Cc1c(F)cccc1Cl)c1ccc(Cl)cc1Cl. The van der Waals surface area contributed by atoms with Crippen LogP contribution in [0.1, 0.15) is 17.0 Å². The number of halogens is 4. The summed E-state index contributed by atoms with van der Waals surface area (Å²) in [5.41, 5.74) is 0.921. The molecule has 0 heterocycles. The summed E-state index contributed by atoms with van der Waals surface area (Å²) in [6.07, 6.45) is 0.156. The Bertz CT molecular complexity index is 659. The van der Waals surface area contributed by atoms with Crippen molar-refractivity contribution in [3.05, 3.63) is 68.4 Å². The molecule has 0 aliphatic heterocycles. The lowest BCUT2D eigenvalue weighted by molar-refractivity contribution is 0.604. The normalized spacial score (nSPS) is 11.9. The lowest BCUT2D eigenvalue weighted by Gasteiger charge is -2.13. The first-order valence-electron chi connectivity index (χ1n) is 5.80. The van der Waals surface area contributed by atoms with Crippen LogP contribution in [0.25, 0.3) is 0 Å². The Balaban J connectivity index is 2.37. The van der Waals surface area contributed by atoms with Crippen molar-refractivity contribution in [2.75, 3.05) is 0 Å². The Labute approximate surface area is 131 Å². The molecule has 1 unspecified atom stereocenters. The highest BCUT2D eigenvalue weighted by Crippen LogP contribution is 2.32. The molecule has 0 saturated carbocycles. The van der Waals surface area contributed by atoms with Gasteiger partial charge < -0.3 is 0 Å². The summed E-state index contributed by atoms with van der Waals surface area (Å²) < 4.78 is 13.8. The fraction of sp³-hybridized carbons (Fsp3) is 0.133. The van der Waals surface area contributed by atoms with Crippen LogP contribution >= 0.6 is 34.8 Å². The average molecular weight is 329 g/mol. The van der Waals surface area contributed by atoms with Crippen molar-refractivity contribution in [3.63, 3.8) is 0 Å². The molecule has 5 heteroatoms. The lowest BCUT2D eigenvalue weighted by atomic mass is 9.93. The van der Waals surface area contributed by atoms with Gasteiger partial charge in [0.1, 0.15) is 5.82 Å². The maximum Gasteiger partial charge on any atom is 0.127 e. The Morgan fingerprint density at radius 1 is 1.10 bits per heavy atom. The fourth-order valence-corrected chi connectivity index (χ4v) is 2.72. The van der Waals surface area contributed by atoms with Crippen molar-refractivity contribution in [2.45, 2.75) is 12.3 Å². The monoisotopic (exact) mass is 327 g/mol. The molecular weight excluding hydrogens is 320 g/mol. The summed E-state index contributed by atoms with van der Waals surface area (Å²) in [5, 5.41) is 10.5. The maximum absolute atomic E-state index is 13.8. The van der Waals surface area contributed by atoms with Crippen LogP contribution in [0.15, 0.2) is 36.4 Å². The van der Waals surface area contributed by atoms with E-state index in [-0.39, 0.29) is 6.42 Å². The van der Waals surface area contributed by atoms with E-state index in [1.165, 1.54) is 12.1 Å². The molecule has 0 aliphatic rings. The number of nitriles is 1. The lowest BCUT2D eigenvalue weighted by Crippen LogP contribution is -2.04. The Morgan fingerprint density at radius 3 is 2.45 bits per heavy atom. The van der Waals surface area contributed by atoms with Gasteiger partial charge in [-0.3, -0.25) is 0 Å². The van der Waals surface area contributed by atoms with Crippen molar-refractivity contribution in [2.24, 2.45) is 0 Å². The number of hydrogen-bond acceptors (Lipinski definition) is 1. The van der Waals surface area contributed by atoms with Crippen LogP contribution in [-0.4, -0.2) is 0 Å². The minimum atomic E-state index is -0.589. The first-order valence-corrected chi connectivity index (χ1v) is 6.93. The first kappa shape index (κ1) is 15.1. The Kier molecular flexibility index (Phi) is 4.88. The van der Waals surface area contributed by atoms with E-state index in [0.717, 1.165) is 0 Å². The van der Waals surface area contributed by atoms with Crippen LogP contribution < -0.4 is 0 Å². The van der Waals surface area contributed by atoms with Gasteiger partial charge in [0.25, 0.3) is 0 Å². The summed E-state index contributed by atoms with van der Waals surface area (Å²) in [7, 11) is 0. The zero-order chi connectivity index (χ0) is 14.7. The molecule has 0 N–H and O–H groups in total. The van der Waals surface area contributed by atoms with E-state index < -0.39 is 11.7 Å². The number of nitrogens with zero attached hydrogens (tertiary/aromatic N) is 1. The van der Waals surface area contributed by atoms with Crippen LogP contribution in [0.3, 0.4) is 0 Å². The van der Waals surface area contributed by atoms with Gasteiger partial charge in [-0.15, -0.1) is 0 Å². The van der Waals surface area contributed by atoms with Crippen molar-refractivity contribution < 1.29 is 4.39 Å². The Morgan fingerprint density at radius 2 is 1.85 bits per heavy atom. The summed E-state index contributed by atoms with van der Waals surface area (Å²) in [5.74, 6) is -1.02. The summed E-state index contributed by atoms with van der Waals surface area (Å²) in [6, 6.07) is 11.5. The number of rotatable bonds is 3. The quantitative estimate of drug-likeness (QED) is 0.715. The van der Waals surface area contributed by atoms with E-state index in [4.69, 9.17) is 34.8 Å². The molecule has 0 bridgehead atoms. The molecule has 1 nitrogen and oxygen atoms in total. The molecule has 0 saturated heterocycles. The van der Waals surface area contributed by atoms with E-state index in [9.17, 15) is 9.65 Å².